The third-order valence-electron chi connectivity index (χ3n) is 6.91. The Hall–Kier alpha value is -2.97. The minimum Gasteiger partial charge on any atom is -0.504 e. The van der Waals surface area contributed by atoms with E-state index in [2.05, 4.69) is 44.9 Å². The molecule has 0 bridgehead atoms. The zero-order chi connectivity index (χ0) is 22.4. The number of nitrogens with zero attached hydrogens (tertiary/aromatic N) is 1. The van der Waals surface area contributed by atoms with Gasteiger partial charge in [-0.1, -0.05) is 6.42 Å². The van der Waals surface area contributed by atoms with E-state index >= 15 is 0 Å². The molecule has 0 spiro atoms. The Morgan fingerprint density at radius 3 is 2.73 bits per heavy atom. The van der Waals surface area contributed by atoms with Crippen LogP contribution in [0.3, 0.4) is 0 Å². The van der Waals surface area contributed by atoms with Crippen LogP contribution in [0.1, 0.15) is 42.5 Å². The number of aromatic amines is 1. The number of aryl methyl sites for hydroxylation is 2. The van der Waals surface area contributed by atoms with Crippen molar-refractivity contribution in [3.8, 4) is 22.8 Å². The first kappa shape index (κ1) is 23.2. The molecule has 3 aromatic rings. The number of halogens is 1. The maximum absolute atomic E-state index is 12.5. The summed E-state index contributed by atoms with van der Waals surface area (Å²) in [5.74, 6) is -0.162. The van der Waals surface area contributed by atoms with Gasteiger partial charge in [-0.2, -0.15) is 0 Å². The smallest absolute Gasteiger partial charge is 0.504 e. The van der Waals surface area contributed by atoms with Crippen LogP contribution in [-0.2, 0) is 26.4 Å². The van der Waals surface area contributed by atoms with Gasteiger partial charge in [0.05, 0.1) is 5.69 Å². The normalized spacial score (nSPS) is 15.2. The van der Waals surface area contributed by atoms with Crippen LogP contribution < -0.4 is 15.6 Å². The lowest BCUT2D eigenvalue weighted by Crippen LogP contribution is -2.27. The molecule has 0 amide bonds. The zero-order valence-corrected chi connectivity index (χ0v) is 19.3. The van der Waals surface area contributed by atoms with Crippen molar-refractivity contribution in [3.63, 3.8) is 0 Å². The molecule has 0 radical (unpaired) electrons. The Kier molecular flexibility index (Phi) is 6.41. The lowest BCUT2D eigenvalue weighted by molar-refractivity contribution is 0.142. The van der Waals surface area contributed by atoms with Crippen molar-refractivity contribution in [2.45, 2.75) is 45.1 Å². The largest absolute Gasteiger partial charge is 0.511 e. The highest BCUT2D eigenvalue weighted by atomic mass is 35.5. The van der Waals surface area contributed by atoms with E-state index in [9.17, 15) is 14.7 Å². The van der Waals surface area contributed by atoms with Crippen LogP contribution in [0.2, 0.25) is 0 Å². The molecule has 2 aliphatic rings. The Morgan fingerprint density at radius 1 is 1.24 bits per heavy atom. The Labute approximate surface area is 197 Å². The molecule has 0 unspecified atom stereocenters. The number of hydrogen-bond acceptors (Lipinski definition) is 5. The lowest BCUT2D eigenvalue weighted by Gasteiger charge is -2.25. The number of hydrogen-bond donors (Lipinski definition) is 4. The number of aromatic nitrogens is 2. The first-order chi connectivity index (χ1) is 15.4. The van der Waals surface area contributed by atoms with E-state index in [1.165, 1.54) is 25.0 Å². The minimum atomic E-state index is -1.63. The van der Waals surface area contributed by atoms with Crippen LogP contribution in [0.5, 0.6) is 11.5 Å². The molecular weight excluding hydrogens is 446 g/mol. The van der Waals surface area contributed by atoms with Crippen molar-refractivity contribution >= 4 is 29.5 Å². The van der Waals surface area contributed by atoms with Gasteiger partial charge in [-0.05, 0) is 68.3 Å². The van der Waals surface area contributed by atoms with Gasteiger partial charge in [0.1, 0.15) is 0 Å². The van der Waals surface area contributed by atoms with E-state index in [0.29, 0.717) is 17.7 Å². The summed E-state index contributed by atoms with van der Waals surface area (Å²) in [7, 11) is 2.07. The van der Waals surface area contributed by atoms with Crippen molar-refractivity contribution in [2.75, 3.05) is 6.54 Å². The molecule has 0 atom stereocenters. The van der Waals surface area contributed by atoms with Gasteiger partial charge >= 0.3 is 6.16 Å². The number of aromatic hydroxyl groups is 1. The van der Waals surface area contributed by atoms with Gasteiger partial charge in [0, 0.05) is 41.3 Å². The number of ether oxygens (including phenoxy) is 1. The average Bonchev–Trinajstić information content (AvgIpc) is 2.90. The fraction of sp³-hybridized carbons (Fsp3) is 0.417. The average molecular weight is 474 g/mol. The number of rotatable bonds is 5. The quantitative estimate of drug-likeness (QED) is 0.414. The molecule has 4 N–H and O–H groups in total. The second-order valence-electron chi connectivity index (χ2n) is 8.90. The summed E-state index contributed by atoms with van der Waals surface area (Å²) in [5.41, 5.74) is 4.56. The Balaban J connectivity index is 0.00000259. The number of benzene rings is 1. The van der Waals surface area contributed by atoms with Crippen LogP contribution in [0.15, 0.2) is 23.0 Å². The van der Waals surface area contributed by atoms with E-state index < -0.39 is 23.2 Å². The molecule has 0 aliphatic heterocycles. The summed E-state index contributed by atoms with van der Waals surface area (Å²) in [6, 6.07) is 6.37. The topological polar surface area (TPSA) is 117 Å². The fourth-order valence-corrected chi connectivity index (χ4v) is 4.92. The molecule has 5 rings (SSSR count). The van der Waals surface area contributed by atoms with E-state index in [4.69, 9.17) is 5.11 Å². The maximum atomic E-state index is 12.5. The highest BCUT2D eigenvalue weighted by molar-refractivity contribution is 5.89. The number of H-pyrrole nitrogens is 1. The Morgan fingerprint density at radius 2 is 2.03 bits per heavy atom. The summed E-state index contributed by atoms with van der Waals surface area (Å²) in [4.78, 5) is 26.2. The van der Waals surface area contributed by atoms with E-state index in [0.717, 1.165) is 53.9 Å². The molecule has 1 saturated carbocycles. The second-order valence-corrected chi connectivity index (χ2v) is 8.90. The van der Waals surface area contributed by atoms with Gasteiger partial charge in [0.25, 0.3) is 5.56 Å². The van der Waals surface area contributed by atoms with Gasteiger partial charge < -0.3 is 29.8 Å². The lowest BCUT2D eigenvalue weighted by atomic mass is 9.85. The molecule has 176 valence electrons. The minimum absolute atomic E-state index is 0. The third kappa shape index (κ3) is 4.20. The predicted molar refractivity (Wildman–Crippen MR) is 128 cm³/mol. The summed E-state index contributed by atoms with van der Waals surface area (Å²) < 4.78 is 6.75. The van der Waals surface area contributed by atoms with Crippen LogP contribution in [0, 0.1) is 5.92 Å². The standard InChI is InChI=1S/C24H27N3O5.ClH/c1-27-16(12-25-11-13-4-2-5-13)8-15-9-18-14(10-19(15)27)6-3-7-17-20(18)26-23(29)22(21(17)28)32-24(30)31;/h8-10,13,25H,2-7,11-12H2,1H3,(H,30,31)(H2,26,28,29);1H. The van der Waals surface area contributed by atoms with Crippen molar-refractivity contribution in [2.24, 2.45) is 13.0 Å². The molecular formula is C24H28ClN3O5. The summed E-state index contributed by atoms with van der Waals surface area (Å²) in [6.07, 6.45) is 4.40. The zero-order valence-electron chi connectivity index (χ0n) is 18.4. The summed E-state index contributed by atoms with van der Waals surface area (Å²) >= 11 is 0. The van der Waals surface area contributed by atoms with Crippen molar-refractivity contribution in [1.29, 1.82) is 0 Å². The van der Waals surface area contributed by atoms with E-state index in [1.54, 1.807) is 0 Å². The first-order valence-electron chi connectivity index (χ1n) is 11.1. The van der Waals surface area contributed by atoms with Crippen LogP contribution >= 0.6 is 12.4 Å². The molecule has 2 aliphatic carbocycles. The highest BCUT2D eigenvalue weighted by Crippen LogP contribution is 2.40. The highest BCUT2D eigenvalue weighted by Gasteiger charge is 2.25. The summed E-state index contributed by atoms with van der Waals surface area (Å²) in [6.45, 7) is 1.85. The molecule has 1 fully saturated rings. The molecule has 2 aromatic heterocycles. The SMILES string of the molecule is Cl.Cn1c(CNCC2CCC2)cc2cc3c(cc21)CCCc1c-3[nH]c(=O)c(OC(=O)O)c1O. The Bertz CT molecular complexity index is 1280. The van der Waals surface area contributed by atoms with Gasteiger partial charge in [0.15, 0.2) is 5.75 Å². The number of carbonyl (C=O) groups is 1. The molecule has 0 saturated heterocycles. The monoisotopic (exact) mass is 473 g/mol. The van der Waals surface area contributed by atoms with Crippen molar-refractivity contribution in [1.82, 2.24) is 14.9 Å². The number of pyridine rings is 1. The maximum Gasteiger partial charge on any atom is 0.511 e. The summed E-state index contributed by atoms with van der Waals surface area (Å²) in [5, 5.41) is 24.2. The van der Waals surface area contributed by atoms with Crippen LogP contribution in [0.25, 0.3) is 22.2 Å². The van der Waals surface area contributed by atoms with Gasteiger partial charge in [-0.15, -0.1) is 12.4 Å². The van der Waals surface area contributed by atoms with E-state index in [1.807, 2.05) is 0 Å². The molecule has 9 heteroatoms. The first-order valence-corrected chi connectivity index (χ1v) is 11.1. The second kappa shape index (κ2) is 9.11. The molecule has 1 aromatic carbocycles. The molecule has 8 nitrogen and oxygen atoms in total. The van der Waals surface area contributed by atoms with Gasteiger partial charge in [-0.3, -0.25) is 4.79 Å². The number of carboxylic acid groups (broad SMARTS) is 1. The third-order valence-corrected chi connectivity index (χ3v) is 6.91. The van der Waals surface area contributed by atoms with Gasteiger partial charge in [0.2, 0.25) is 5.75 Å². The fourth-order valence-electron chi connectivity index (χ4n) is 4.92. The van der Waals surface area contributed by atoms with E-state index in [-0.39, 0.29) is 12.4 Å². The van der Waals surface area contributed by atoms with Crippen LogP contribution in [0.4, 0.5) is 4.79 Å². The predicted octanol–water partition coefficient (Wildman–Crippen LogP) is 4.10. The molecule has 33 heavy (non-hydrogen) atoms. The number of nitrogens with one attached hydrogen (secondary N) is 2. The van der Waals surface area contributed by atoms with Crippen LogP contribution in [-0.4, -0.2) is 32.5 Å². The van der Waals surface area contributed by atoms with Crippen molar-refractivity contribution < 1.29 is 19.7 Å². The van der Waals surface area contributed by atoms with Gasteiger partial charge in [-0.25, -0.2) is 4.79 Å². The molecule has 2 heterocycles. The van der Waals surface area contributed by atoms with Crippen molar-refractivity contribution in [3.05, 3.63) is 45.4 Å². The number of fused-ring (bicyclic) bond motifs is 4.